The minimum absolute atomic E-state index is 0.404. The fraction of sp³-hybridized carbons (Fsp3) is 0.909. The van der Waals surface area contributed by atoms with Gasteiger partial charge in [0.2, 0.25) is 11.8 Å². The molecule has 0 aliphatic carbocycles. The number of carbonyl (C=O) groups excluding carboxylic acids is 2. The molecule has 2 atom stereocenters. The van der Waals surface area contributed by atoms with Gasteiger partial charge in [-0.2, -0.15) is 0 Å². The minimum atomic E-state index is -0.865. The Morgan fingerprint density at radius 2 is 1.11 bits per heavy atom. The summed E-state index contributed by atoms with van der Waals surface area (Å²) in [6, 6.07) is -0.836. The van der Waals surface area contributed by atoms with Gasteiger partial charge in [-0.05, 0) is 6.42 Å². The van der Waals surface area contributed by atoms with E-state index in [2.05, 4.69) is 6.92 Å². The zero-order valence-electron chi connectivity index (χ0n) is 17.9. The van der Waals surface area contributed by atoms with Crippen molar-refractivity contribution < 1.29 is 19.8 Å². The molecule has 2 amide bonds. The summed E-state index contributed by atoms with van der Waals surface area (Å²) in [6.45, 7) is 4.40. The lowest BCUT2D eigenvalue weighted by Crippen LogP contribution is -2.50. The van der Waals surface area contributed by atoms with Crippen LogP contribution >= 0.6 is 0 Å². The van der Waals surface area contributed by atoms with Gasteiger partial charge in [0.05, 0.1) is 18.8 Å². The number of rotatable bonds is 17. The summed E-state index contributed by atoms with van der Waals surface area (Å²) in [5.74, 6) is -0.878. The summed E-state index contributed by atoms with van der Waals surface area (Å²) in [5.41, 5.74) is 0. The fourth-order valence-electron chi connectivity index (χ4n) is 3.63. The van der Waals surface area contributed by atoms with Crippen LogP contribution in [0.4, 0.5) is 0 Å². The van der Waals surface area contributed by atoms with Crippen LogP contribution in [0.3, 0.4) is 0 Å². The minimum Gasteiger partial charge on any atom is -0.394 e. The van der Waals surface area contributed by atoms with Crippen LogP contribution in [0.15, 0.2) is 0 Å². The van der Waals surface area contributed by atoms with Crippen molar-refractivity contribution in [2.45, 2.75) is 123 Å². The number of carbonyl (C=O) groups is 2. The second kappa shape index (κ2) is 17.2. The van der Waals surface area contributed by atoms with Gasteiger partial charge in [-0.1, -0.05) is 90.4 Å². The number of aliphatic hydroxyl groups is 2. The van der Waals surface area contributed by atoms with Crippen molar-refractivity contribution in [2.24, 2.45) is 0 Å². The van der Waals surface area contributed by atoms with Crippen LogP contribution < -0.4 is 0 Å². The van der Waals surface area contributed by atoms with Crippen molar-refractivity contribution in [3.05, 3.63) is 0 Å². The summed E-state index contributed by atoms with van der Waals surface area (Å²) in [4.78, 5) is 24.1. The van der Waals surface area contributed by atoms with E-state index in [0.717, 1.165) is 24.2 Å². The molecule has 0 rings (SSSR count). The molecule has 0 radical (unpaired) electrons. The monoisotopic (exact) mass is 385 g/mol. The van der Waals surface area contributed by atoms with Crippen LogP contribution in [0.2, 0.25) is 0 Å². The van der Waals surface area contributed by atoms with Crippen molar-refractivity contribution in [3.8, 4) is 0 Å². The van der Waals surface area contributed by atoms with Crippen LogP contribution in [0, 0.1) is 0 Å². The standard InChI is InChI=1S/C22H43NO4/c1-4-5-6-7-8-9-10-11-12-13-14-15-16-17-22(27)21(18-24)23(19(2)25)20(3)26/h21-22,24,27H,4-18H2,1-3H3/t21-,22+/m0/s1. The van der Waals surface area contributed by atoms with E-state index in [1.807, 2.05) is 0 Å². The molecule has 27 heavy (non-hydrogen) atoms. The Morgan fingerprint density at radius 3 is 1.44 bits per heavy atom. The van der Waals surface area contributed by atoms with Gasteiger partial charge in [-0.3, -0.25) is 14.5 Å². The van der Waals surface area contributed by atoms with Crippen LogP contribution in [0.25, 0.3) is 0 Å². The molecular formula is C22H43NO4. The van der Waals surface area contributed by atoms with Gasteiger partial charge in [0, 0.05) is 13.8 Å². The molecule has 5 heteroatoms. The van der Waals surface area contributed by atoms with Gasteiger partial charge in [0.1, 0.15) is 0 Å². The highest BCUT2D eigenvalue weighted by Gasteiger charge is 2.29. The van der Waals surface area contributed by atoms with Crippen LogP contribution in [0.5, 0.6) is 0 Å². The van der Waals surface area contributed by atoms with Gasteiger partial charge in [-0.25, -0.2) is 0 Å². The topological polar surface area (TPSA) is 77.8 Å². The lowest BCUT2D eigenvalue weighted by molar-refractivity contribution is -0.149. The molecule has 160 valence electrons. The Morgan fingerprint density at radius 1 is 0.741 bits per heavy atom. The number of unbranched alkanes of at least 4 members (excludes halogenated alkanes) is 12. The van der Waals surface area contributed by atoms with Gasteiger partial charge < -0.3 is 10.2 Å². The smallest absolute Gasteiger partial charge is 0.226 e. The molecule has 0 saturated carbocycles. The molecule has 0 aromatic heterocycles. The normalized spacial score (nSPS) is 13.4. The Balaban J connectivity index is 3.71. The number of nitrogens with zero attached hydrogens (tertiary/aromatic N) is 1. The Labute approximate surface area is 166 Å². The first-order valence-electron chi connectivity index (χ1n) is 11.0. The molecule has 0 aromatic carbocycles. The fourth-order valence-corrected chi connectivity index (χ4v) is 3.63. The van der Waals surface area contributed by atoms with Crippen molar-refractivity contribution in [1.29, 1.82) is 0 Å². The third kappa shape index (κ3) is 13.0. The summed E-state index contributed by atoms with van der Waals surface area (Å²) in [7, 11) is 0. The predicted octanol–water partition coefficient (Wildman–Crippen LogP) is 4.58. The zero-order chi connectivity index (χ0) is 20.5. The molecule has 0 bridgehead atoms. The maximum Gasteiger partial charge on any atom is 0.226 e. The summed E-state index contributed by atoms with van der Waals surface area (Å²) in [5, 5.41) is 19.7. The first-order valence-corrected chi connectivity index (χ1v) is 11.0. The first kappa shape index (κ1) is 26.1. The lowest BCUT2D eigenvalue weighted by Gasteiger charge is -2.30. The molecule has 0 aliphatic rings. The van der Waals surface area contributed by atoms with Crippen molar-refractivity contribution in [1.82, 2.24) is 4.90 Å². The molecule has 0 heterocycles. The second-order valence-corrected chi connectivity index (χ2v) is 7.76. The molecule has 0 saturated heterocycles. The molecular weight excluding hydrogens is 342 g/mol. The third-order valence-electron chi connectivity index (χ3n) is 5.24. The SMILES string of the molecule is CCCCCCCCCCCCCCC[C@@H](O)[C@H](CO)N(C(C)=O)C(C)=O. The first-order chi connectivity index (χ1) is 13.0. The summed E-state index contributed by atoms with van der Waals surface area (Å²) in [6.07, 6.45) is 16.0. The second-order valence-electron chi connectivity index (χ2n) is 7.76. The van der Waals surface area contributed by atoms with E-state index in [4.69, 9.17) is 0 Å². The molecule has 0 spiro atoms. The average molecular weight is 386 g/mol. The van der Waals surface area contributed by atoms with Crippen molar-refractivity contribution in [2.75, 3.05) is 6.61 Å². The number of hydrogen-bond donors (Lipinski definition) is 2. The average Bonchev–Trinajstić information content (AvgIpc) is 2.62. The number of hydrogen-bond acceptors (Lipinski definition) is 4. The summed E-state index contributed by atoms with van der Waals surface area (Å²) < 4.78 is 0. The Hall–Kier alpha value is -0.940. The maximum atomic E-state index is 11.6. The van der Waals surface area contributed by atoms with Gasteiger partial charge in [0.25, 0.3) is 0 Å². The summed E-state index contributed by atoms with van der Waals surface area (Å²) >= 11 is 0. The van der Waals surface area contributed by atoms with E-state index in [1.165, 1.54) is 78.1 Å². The maximum absolute atomic E-state index is 11.6. The molecule has 5 nitrogen and oxygen atoms in total. The van der Waals surface area contributed by atoms with Crippen LogP contribution in [-0.2, 0) is 9.59 Å². The quantitative estimate of drug-likeness (QED) is 0.359. The van der Waals surface area contributed by atoms with E-state index in [1.54, 1.807) is 0 Å². The van der Waals surface area contributed by atoms with E-state index in [-0.39, 0.29) is 0 Å². The van der Waals surface area contributed by atoms with Crippen LogP contribution in [0.1, 0.15) is 111 Å². The van der Waals surface area contributed by atoms with Gasteiger partial charge in [0.15, 0.2) is 0 Å². The van der Waals surface area contributed by atoms with Crippen LogP contribution in [-0.4, -0.2) is 45.7 Å². The highest BCUT2D eigenvalue weighted by Crippen LogP contribution is 2.16. The Kier molecular flexibility index (Phi) is 16.6. The van der Waals surface area contributed by atoms with Crippen molar-refractivity contribution in [3.63, 3.8) is 0 Å². The van der Waals surface area contributed by atoms with E-state index >= 15 is 0 Å². The van der Waals surface area contributed by atoms with Gasteiger partial charge >= 0.3 is 0 Å². The van der Waals surface area contributed by atoms with E-state index < -0.39 is 30.6 Å². The molecule has 0 unspecified atom stereocenters. The third-order valence-corrected chi connectivity index (χ3v) is 5.24. The molecule has 0 fully saturated rings. The number of amides is 2. The number of imide groups is 1. The number of aliphatic hydroxyl groups excluding tert-OH is 2. The highest BCUT2D eigenvalue weighted by atomic mass is 16.3. The molecule has 0 aliphatic heterocycles. The lowest BCUT2D eigenvalue weighted by atomic mass is 10.0. The van der Waals surface area contributed by atoms with Gasteiger partial charge in [-0.15, -0.1) is 0 Å². The molecule has 0 aromatic rings. The molecule has 2 N–H and O–H groups in total. The predicted molar refractivity (Wildman–Crippen MR) is 110 cm³/mol. The van der Waals surface area contributed by atoms with Crippen molar-refractivity contribution >= 4 is 11.8 Å². The largest absolute Gasteiger partial charge is 0.394 e. The zero-order valence-corrected chi connectivity index (χ0v) is 17.9. The van der Waals surface area contributed by atoms with E-state index in [9.17, 15) is 19.8 Å². The van der Waals surface area contributed by atoms with E-state index in [0.29, 0.717) is 6.42 Å². The Bertz CT molecular complexity index is 373. The highest BCUT2D eigenvalue weighted by molar-refractivity contribution is 5.93.